The fourth-order valence-electron chi connectivity index (χ4n) is 1.29. The van der Waals surface area contributed by atoms with Crippen molar-refractivity contribution in [2.24, 2.45) is 0 Å². The second kappa shape index (κ2) is 6.13. The number of hydrogen-bond donors (Lipinski definition) is 1. The molecule has 0 aromatic heterocycles. The molecule has 0 amide bonds. The average Bonchev–Trinajstić information content (AvgIpc) is 2.07. The Morgan fingerprint density at radius 3 is 2.06 bits per heavy atom. The van der Waals surface area contributed by atoms with Gasteiger partial charge in [-0.2, -0.15) is 0 Å². The Morgan fingerprint density at radius 2 is 1.65 bits per heavy atom. The molecular formula is C10H20O5Si2. The molecule has 0 heterocycles. The molecule has 0 spiro atoms. The van der Waals surface area contributed by atoms with Crippen LogP contribution in [-0.4, -0.2) is 39.9 Å². The predicted molar refractivity (Wildman–Crippen MR) is 69.6 cm³/mol. The van der Waals surface area contributed by atoms with E-state index < -0.39 is 28.6 Å². The third-order valence-electron chi connectivity index (χ3n) is 1.51. The largest absolute Gasteiger partial charge is 0.478 e. The highest BCUT2D eigenvalue weighted by atomic mass is 28.4. The lowest BCUT2D eigenvalue weighted by Crippen LogP contribution is -2.46. The van der Waals surface area contributed by atoms with E-state index in [2.05, 4.69) is 19.6 Å². The van der Waals surface area contributed by atoms with Crippen molar-refractivity contribution in [3.8, 4) is 0 Å². The zero-order chi connectivity index (χ0) is 13.7. The quantitative estimate of drug-likeness (QED) is 0.455. The number of aliphatic carboxylic acids is 1. The number of hydrogen-bond acceptors (Lipinski definition) is 4. The van der Waals surface area contributed by atoms with Gasteiger partial charge in [-0.25, -0.2) is 9.59 Å². The first kappa shape index (κ1) is 16.1. The molecule has 0 rings (SSSR count). The smallest absolute Gasteiger partial charge is 0.330 e. The summed E-state index contributed by atoms with van der Waals surface area (Å²) in [5.41, 5.74) is 0. The minimum Gasteiger partial charge on any atom is -0.478 e. The normalized spacial score (nSPS) is 12.8. The van der Waals surface area contributed by atoms with Crippen LogP contribution in [0.15, 0.2) is 12.2 Å². The Bertz CT molecular complexity index is 317. The summed E-state index contributed by atoms with van der Waals surface area (Å²) in [6, 6.07) is 0. The van der Waals surface area contributed by atoms with Gasteiger partial charge in [0.05, 0.1) is 0 Å². The van der Waals surface area contributed by atoms with Crippen molar-refractivity contribution in [3.63, 3.8) is 0 Å². The topological polar surface area (TPSA) is 72.8 Å². The Kier molecular flexibility index (Phi) is 5.79. The lowest BCUT2D eigenvalue weighted by molar-refractivity contribution is -0.137. The molecule has 0 bridgehead atoms. The van der Waals surface area contributed by atoms with E-state index in [-0.39, 0.29) is 6.23 Å². The number of carboxylic acid groups (broad SMARTS) is 1. The molecule has 0 aromatic carbocycles. The van der Waals surface area contributed by atoms with Crippen molar-refractivity contribution in [1.29, 1.82) is 0 Å². The zero-order valence-electron chi connectivity index (χ0n) is 10.9. The van der Waals surface area contributed by atoms with Gasteiger partial charge in [-0.15, -0.1) is 0 Å². The molecule has 0 atom stereocenters. The maximum atomic E-state index is 11.2. The van der Waals surface area contributed by atoms with Gasteiger partial charge in [0.15, 0.2) is 8.32 Å². The molecule has 1 N–H and O–H groups in total. The monoisotopic (exact) mass is 276 g/mol. The van der Waals surface area contributed by atoms with Gasteiger partial charge in [-0.1, -0.05) is 0 Å². The third kappa shape index (κ3) is 9.97. The Labute approximate surface area is 104 Å². The summed E-state index contributed by atoms with van der Waals surface area (Å²) >= 11 is 0. The van der Waals surface area contributed by atoms with Gasteiger partial charge in [0.1, 0.15) is 6.23 Å². The molecule has 0 unspecified atom stereocenters. The van der Waals surface area contributed by atoms with Crippen LogP contribution in [0.3, 0.4) is 0 Å². The minimum absolute atomic E-state index is 0.236. The van der Waals surface area contributed by atoms with Crippen molar-refractivity contribution >= 4 is 28.6 Å². The lowest BCUT2D eigenvalue weighted by Gasteiger charge is -2.30. The second-order valence-corrected chi connectivity index (χ2v) is 14.1. The molecule has 0 saturated heterocycles. The summed E-state index contributed by atoms with van der Waals surface area (Å²) < 4.78 is 10.9. The Balaban J connectivity index is 4.18. The van der Waals surface area contributed by atoms with Crippen molar-refractivity contribution in [2.45, 2.75) is 32.7 Å². The Morgan fingerprint density at radius 1 is 1.12 bits per heavy atom. The van der Waals surface area contributed by atoms with E-state index in [1.165, 1.54) is 0 Å². The van der Waals surface area contributed by atoms with Crippen LogP contribution in [0.1, 0.15) is 0 Å². The molecule has 7 heteroatoms. The van der Waals surface area contributed by atoms with E-state index in [1.54, 1.807) is 0 Å². The number of ether oxygens (including phenoxy) is 1. The van der Waals surface area contributed by atoms with Gasteiger partial charge in [-0.3, -0.25) is 0 Å². The summed E-state index contributed by atoms with van der Waals surface area (Å²) in [7, 11) is -3.66. The van der Waals surface area contributed by atoms with E-state index >= 15 is 0 Å². The van der Waals surface area contributed by atoms with E-state index in [9.17, 15) is 9.59 Å². The van der Waals surface area contributed by atoms with Gasteiger partial charge in [0.25, 0.3) is 0 Å². The molecule has 0 aliphatic carbocycles. The van der Waals surface area contributed by atoms with Crippen molar-refractivity contribution < 1.29 is 23.5 Å². The van der Waals surface area contributed by atoms with Gasteiger partial charge < -0.3 is 14.0 Å². The number of carboxylic acids is 1. The summed E-state index contributed by atoms with van der Waals surface area (Å²) in [4.78, 5) is 21.4. The summed E-state index contributed by atoms with van der Waals surface area (Å²) in [5.74, 6) is -1.82. The van der Waals surface area contributed by atoms with Crippen molar-refractivity contribution in [1.82, 2.24) is 0 Å². The highest BCUT2D eigenvalue weighted by Crippen LogP contribution is 2.14. The predicted octanol–water partition coefficient (Wildman–Crippen LogP) is 1.77. The third-order valence-corrected chi connectivity index (χ3v) is 7.01. The van der Waals surface area contributed by atoms with Crippen LogP contribution >= 0.6 is 0 Å². The van der Waals surface area contributed by atoms with Crippen molar-refractivity contribution in [2.75, 3.05) is 6.23 Å². The molecule has 0 aliphatic rings. The van der Waals surface area contributed by atoms with Crippen LogP contribution in [0.2, 0.25) is 32.7 Å². The fraction of sp³-hybridized carbons (Fsp3) is 0.600. The van der Waals surface area contributed by atoms with Crippen LogP contribution in [0.4, 0.5) is 0 Å². The summed E-state index contributed by atoms with van der Waals surface area (Å²) in [6.45, 7) is 10.2. The number of carbonyl (C=O) groups is 2. The molecule has 0 saturated carbocycles. The molecule has 17 heavy (non-hydrogen) atoms. The molecule has 0 aliphatic heterocycles. The maximum absolute atomic E-state index is 11.2. The van der Waals surface area contributed by atoms with Gasteiger partial charge >= 0.3 is 11.9 Å². The van der Waals surface area contributed by atoms with Gasteiger partial charge in [0.2, 0.25) is 8.32 Å². The van der Waals surface area contributed by atoms with Crippen molar-refractivity contribution in [3.05, 3.63) is 12.2 Å². The number of rotatable bonds is 6. The standard InChI is InChI=1S/C10H20O5Si2/c1-16(2,3)15-17(4,5)8-14-10(13)7-6-9(11)12/h6-7H,8H2,1-5H3,(H,11,12). The first-order valence-corrected chi connectivity index (χ1v) is 11.8. The van der Waals surface area contributed by atoms with Gasteiger partial charge in [-0.05, 0) is 32.7 Å². The van der Waals surface area contributed by atoms with Crippen LogP contribution in [0, 0.1) is 0 Å². The van der Waals surface area contributed by atoms with E-state index in [0.29, 0.717) is 0 Å². The SMILES string of the molecule is C[Si](C)(C)O[Si](C)(C)COC(=O)C=CC(=O)O. The van der Waals surface area contributed by atoms with Crippen LogP contribution in [0.25, 0.3) is 0 Å². The average molecular weight is 276 g/mol. The summed E-state index contributed by atoms with van der Waals surface area (Å²) in [5, 5.41) is 8.34. The van der Waals surface area contributed by atoms with E-state index in [0.717, 1.165) is 12.2 Å². The van der Waals surface area contributed by atoms with Crippen LogP contribution < -0.4 is 0 Å². The highest BCUT2D eigenvalue weighted by Gasteiger charge is 2.30. The van der Waals surface area contributed by atoms with Crippen LogP contribution in [0.5, 0.6) is 0 Å². The lowest BCUT2D eigenvalue weighted by atomic mass is 10.5. The Hall–Kier alpha value is -0.926. The van der Waals surface area contributed by atoms with Gasteiger partial charge in [0, 0.05) is 12.2 Å². The molecule has 0 radical (unpaired) electrons. The van der Waals surface area contributed by atoms with Crippen LogP contribution in [-0.2, 0) is 18.4 Å². The molecule has 98 valence electrons. The highest BCUT2D eigenvalue weighted by molar-refractivity contribution is 6.84. The molecular weight excluding hydrogens is 256 g/mol. The summed E-state index contributed by atoms with van der Waals surface area (Å²) in [6.07, 6.45) is 1.90. The first-order chi connectivity index (χ1) is 7.52. The maximum Gasteiger partial charge on any atom is 0.330 e. The van der Waals surface area contributed by atoms with E-state index in [1.807, 2.05) is 13.1 Å². The molecule has 0 fully saturated rings. The first-order valence-electron chi connectivity index (χ1n) is 5.30. The molecule has 5 nitrogen and oxygen atoms in total. The minimum atomic E-state index is -2.02. The fourth-order valence-corrected chi connectivity index (χ4v) is 8.65. The number of esters is 1. The second-order valence-electron chi connectivity index (χ2n) is 5.25. The molecule has 0 aromatic rings. The zero-order valence-corrected chi connectivity index (χ0v) is 12.9. The van der Waals surface area contributed by atoms with E-state index in [4.69, 9.17) is 14.0 Å². The number of carbonyl (C=O) groups excluding carboxylic acids is 1.